The summed E-state index contributed by atoms with van der Waals surface area (Å²) in [5, 5.41) is 32.7. The van der Waals surface area contributed by atoms with Gasteiger partial charge in [0, 0.05) is 57.5 Å². The quantitative estimate of drug-likeness (QED) is 0.256. The van der Waals surface area contributed by atoms with E-state index in [9.17, 15) is 20.1 Å². The number of carbonyl (C=O) groups excluding carboxylic acids is 1. The SMILES string of the molecule is C=C1CC2CCC34OC5C6OC(CCC6OC6C5OC(C)(C6O3)C4O)CC(=O)OC3C(CC4OC(CCC1O2)CC(C)C4=C)OC1OC2OC4(CC2OC1C3C)CC1OC2(CC(C)C3OC(CCO)C(O)CC3O2)CC(C)C1O4. The van der Waals surface area contributed by atoms with Crippen molar-refractivity contribution in [3.05, 3.63) is 24.3 Å². The first-order valence-electron chi connectivity index (χ1n) is 30.4. The Hall–Kier alpha value is -1.77. The molecule has 20 heteroatoms. The third kappa shape index (κ3) is 8.82. The van der Waals surface area contributed by atoms with Gasteiger partial charge in [-0.2, -0.15) is 0 Å². The molecule has 0 aromatic rings. The zero-order valence-corrected chi connectivity index (χ0v) is 46.4. The van der Waals surface area contributed by atoms with Gasteiger partial charge < -0.3 is 91.1 Å². The van der Waals surface area contributed by atoms with E-state index in [0.29, 0.717) is 77.0 Å². The number of aliphatic hydroxyl groups excluding tert-OH is 3. The minimum Gasteiger partial charge on any atom is -0.459 e. The molecule has 3 N–H and O–H groups in total. The molecule has 79 heavy (non-hydrogen) atoms. The number of ether oxygens (including phenoxy) is 16. The fourth-order valence-corrected chi connectivity index (χ4v) is 17.8. The highest BCUT2D eigenvalue weighted by molar-refractivity contribution is 5.70. The van der Waals surface area contributed by atoms with Crippen LogP contribution >= 0.6 is 0 Å². The van der Waals surface area contributed by atoms with Gasteiger partial charge in [0.2, 0.25) is 0 Å². The first-order chi connectivity index (χ1) is 37.9. The number of rotatable bonds is 2. The first kappa shape index (κ1) is 53.9. The lowest BCUT2D eigenvalue weighted by molar-refractivity contribution is -0.393. The first-order valence-corrected chi connectivity index (χ1v) is 30.4. The molecule has 12 bridgehead atoms. The summed E-state index contributed by atoms with van der Waals surface area (Å²) < 4.78 is 109. The van der Waals surface area contributed by atoms with E-state index >= 15 is 0 Å². The minimum atomic E-state index is -1.36. The highest BCUT2D eigenvalue weighted by Gasteiger charge is 2.77. The van der Waals surface area contributed by atoms with Crippen LogP contribution < -0.4 is 0 Å². The molecule has 0 aliphatic carbocycles. The Kier molecular flexibility index (Phi) is 13.4. The summed E-state index contributed by atoms with van der Waals surface area (Å²) in [4.78, 5) is 14.6. The Balaban J connectivity index is 0.669. The number of hydrogen-bond acceptors (Lipinski definition) is 20. The number of fused-ring (bicyclic) bond motifs is 10. The third-order valence-electron chi connectivity index (χ3n) is 21.8. The summed E-state index contributed by atoms with van der Waals surface area (Å²) in [6, 6.07) is 0. The van der Waals surface area contributed by atoms with Gasteiger partial charge in [0.25, 0.3) is 0 Å². The Morgan fingerprint density at radius 1 is 0.557 bits per heavy atom. The molecule has 20 nitrogen and oxygen atoms in total. The second-order valence-electron chi connectivity index (χ2n) is 27.2. The highest BCUT2D eigenvalue weighted by atomic mass is 16.9. The summed E-state index contributed by atoms with van der Waals surface area (Å²) in [5.74, 6) is -3.76. The molecule has 16 heterocycles. The van der Waals surface area contributed by atoms with Gasteiger partial charge in [0.15, 0.2) is 29.9 Å². The lowest BCUT2D eigenvalue weighted by Crippen LogP contribution is -2.63. The van der Waals surface area contributed by atoms with E-state index < -0.39 is 121 Å². The molecule has 0 aromatic carbocycles. The van der Waals surface area contributed by atoms with Crippen LogP contribution in [-0.4, -0.2) is 198 Å². The lowest BCUT2D eigenvalue weighted by Gasteiger charge is -2.54. The van der Waals surface area contributed by atoms with E-state index in [0.717, 1.165) is 30.4 Å². The molecule has 32 unspecified atom stereocenters. The minimum absolute atomic E-state index is 0.0127. The van der Waals surface area contributed by atoms with Crippen LogP contribution in [0.25, 0.3) is 0 Å². The smallest absolute Gasteiger partial charge is 0.308 e. The van der Waals surface area contributed by atoms with Gasteiger partial charge in [0.05, 0.1) is 79.7 Å². The predicted molar refractivity (Wildman–Crippen MR) is 270 cm³/mol. The van der Waals surface area contributed by atoms with Crippen LogP contribution in [0.1, 0.15) is 137 Å². The van der Waals surface area contributed by atoms with Crippen molar-refractivity contribution in [3.8, 4) is 0 Å². The molecule has 0 radical (unpaired) electrons. The molecule has 32 atom stereocenters. The summed E-state index contributed by atoms with van der Waals surface area (Å²) in [5.41, 5.74) is 0.981. The zero-order chi connectivity index (χ0) is 54.2. The average Bonchev–Trinajstić information content (AvgIpc) is 3.27. The molecule has 16 fully saturated rings. The summed E-state index contributed by atoms with van der Waals surface area (Å²) >= 11 is 0. The molecule has 0 aromatic heterocycles. The molecule has 16 saturated heterocycles. The van der Waals surface area contributed by atoms with Crippen molar-refractivity contribution in [1.82, 2.24) is 0 Å². The van der Waals surface area contributed by atoms with Crippen molar-refractivity contribution >= 4 is 5.97 Å². The summed E-state index contributed by atoms with van der Waals surface area (Å²) in [7, 11) is 0. The zero-order valence-electron chi connectivity index (χ0n) is 46.4. The number of aliphatic hydroxyl groups is 3. The summed E-state index contributed by atoms with van der Waals surface area (Å²) in [6.45, 7) is 19.4. The van der Waals surface area contributed by atoms with Gasteiger partial charge in [-0.1, -0.05) is 40.9 Å². The van der Waals surface area contributed by atoms with Crippen LogP contribution in [0, 0.1) is 23.7 Å². The third-order valence-corrected chi connectivity index (χ3v) is 21.8. The van der Waals surface area contributed by atoms with E-state index in [1.165, 1.54) is 0 Å². The van der Waals surface area contributed by atoms with Crippen LogP contribution in [0.3, 0.4) is 0 Å². The second-order valence-corrected chi connectivity index (χ2v) is 27.2. The van der Waals surface area contributed by atoms with Crippen molar-refractivity contribution < 1.29 is 95.9 Å². The van der Waals surface area contributed by atoms with Crippen molar-refractivity contribution in [2.75, 3.05) is 6.61 Å². The molecule has 16 aliphatic heterocycles. The number of esters is 1. The Bertz CT molecular complexity index is 2380. The van der Waals surface area contributed by atoms with Gasteiger partial charge >= 0.3 is 5.97 Å². The maximum Gasteiger partial charge on any atom is 0.308 e. The largest absolute Gasteiger partial charge is 0.459 e. The standard InChI is InChI=1S/C59H84O20/c1-25-16-31-8-10-35-26(2)17-33(64-35)12-14-59-55(63)56(7)52(78-59)51-50(75-56)49(77-59)48-37(68-51)11-9-32(66-48)18-43(62)71-46-30(6)47-54(70-39(46)20-38(65-31)29(25)5)72-53-42(69-47)24-58(79-53)23-41-45(76-58)28(4)22-57(74-41)21-27(3)44-40(73-57)19-34(61)36(67-44)13-15-60/h25,27-28,30-42,44-55,60-61,63H,2,5,8-24H2,1,3-4,6-7H3. The normalized spacial score (nSPS) is 59.4. The molecule has 0 amide bonds. The van der Waals surface area contributed by atoms with E-state index in [1.54, 1.807) is 0 Å². The van der Waals surface area contributed by atoms with Crippen molar-refractivity contribution in [1.29, 1.82) is 0 Å². The van der Waals surface area contributed by atoms with Gasteiger partial charge in [0.1, 0.15) is 66.6 Å². The fourth-order valence-electron chi connectivity index (χ4n) is 17.8. The second kappa shape index (κ2) is 19.6. The Morgan fingerprint density at radius 2 is 1.29 bits per heavy atom. The Morgan fingerprint density at radius 3 is 2.13 bits per heavy atom. The van der Waals surface area contributed by atoms with Crippen LogP contribution in [0.2, 0.25) is 0 Å². The maximum absolute atomic E-state index is 14.6. The van der Waals surface area contributed by atoms with Crippen LogP contribution in [0.5, 0.6) is 0 Å². The molecule has 3 spiro atoms. The van der Waals surface area contributed by atoms with Crippen molar-refractivity contribution in [2.45, 2.75) is 307 Å². The van der Waals surface area contributed by atoms with Crippen molar-refractivity contribution in [2.24, 2.45) is 23.7 Å². The van der Waals surface area contributed by atoms with Crippen LogP contribution in [0.4, 0.5) is 0 Å². The molecule has 16 rings (SSSR count). The van der Waals surface area contributed by atoms with E-state index in [4.69, 9.17) is 75.8 Å². The van der Waals surface area contributed by atoms with Crippen LogP contribution in [0.15, 0.2) is 24.3 Å². The molecular formula is C59H84O20. The number of carbonyl (C=O) groups is 1. The molecule has 0 saturated carbocycles. The van der Waals surface area contributed by atoms with Gasteiger partial charge in [-0.3, -0.25) is 4.79 Å². The highest BCUT2D eigenvalue weighted by Crippen LogP contribution is 2.60. The van der Waals surface area contributed by atoms with E-state index in [1.807, 2.05) is 13.8 Å². The average molecular weight is 1110 g/mol. The van der Waals surface area contributed by atoms with E-state index in [2.05, 4.69) is 33.9 Å². The maximum atomic E-state index is 14.6. The molecule has 440 valence electrons. The molecule has 16 aliphatic rings. The van der Waals surface area contributed by atoms with Gasteiger partial charge in [-0.05, 0) is 87.2 Å². The van der Waals surface area contributed by atoms with Gasteiger partial charge in [-0.15, -0.1) is 0 Å². The summed E-state index contributed by atoms with van der Waals surface area (Å²) in [6.07, 6.45) is -3.37. The predicted octanol–water partition coefficient (Wildman–Crippen LogP) is 4.47. The van der Waals surface area contributed by atoms with Crippen LogP contribution in [-0.2, 0) is 80.6 Å². The topological polar surface area (TPSA) is 225 Å². The number of hydrogen-bond donors (Lipinski definition) is 3. The molecular weight excluding hydrogens is 1030 g/mol. The lowest BCUT2D eigenvalue weighted by atomic mass is 9.78. The fraction of sp³-hybridized carbons (Fsp3) is 0.915. The van der Waals surface area contributed by atoms with E-state index in [-0.39, 0.29) is 91.6 Å². The Labute approximate surface area is 462 Å². The van der Waals surface area contributed by atoms with Gasteiger partial charge in [-0.25, -0.2) is 0 Å². The van der Waals surface area contributed by atoms with Crippen molar-refractivity contribution in [3.63, 3.8) is 0 Å². The monoisotopic (exact) mass is 1110 g/mol.